The van der Waals surface area contributed by atoms with E-state index in [0.29, 0.717) is 0 Å². The SMILES string of the molecule is C=C(c1ccc([Si](C)C)cc1)c1cccc([Si](C(C)C)(C(C)C)C(C)C)c1. The minimum Gasteiger partial charge on any atom is -0.0906 e. The van der Waals surface area contributed by atoms with Crippen molar-refractivity contribution in [3.05, 3.63) is 66.2 Å². The molecule has 2 heteroatoms. The van der Waals surface area contributed by atoms with Gasteiger partial charge in [-0.15, -0.1) is 0 Å². The van der Waals surface area contributed by atoms with Gasteiger partial charge >= 0.3 is 0 Å². The van der Waals surface area contributed by atoms with E-state index in [9.17, 15) is 0 Å². The maximum absolute atomic E-state index is 4.45. The van der Waals surface area contributed by atoms with E-state index in [0.717, 1.165) is 22.2 Å². The third kappa shape index (κ3) is 4.22. The van der Waals surface area contributed by atoms with Gasteiger partial charge in [-0.05, 0) is 33.3 Å². The van der Waals surface area contributed by atoms with Gasteiger partial charge < -0.3 is 0 Å². The monoisotopic (exact) mass is 393 g/mol. The Morgan fingerprint density at radius 2 is 1.30 bits per heavy atom. The molecule has 2 aromatic carbocycles. The molecule has 0 nitrogen and oxygen atoms in total. The molecule has 0 aliphatic rings. The molecule has 0 bridgehead atoms. The highest BCUT2D eigenvalue weighted by Crippen LogP contribution is 2.41. The molecule has 0 spiro atoms. The van der Waals surface area contributed by atoms with Crippen LogP contribution in [0.1, 0.15) is 52.7 Å². The summed E-state index contributed by atoms with van der Waals surface area (Å²) in [5.74, 6) is 0. The van der Waals surface area contributed by atoms with E-state index in [1.165, 1.54) is 16.3 Å². The van der Waals surface area contributed by atoms with Crippen LogP contribution in [0.15, 0.2) is 55.1 Å². The Bertz CT molecular complexity index is 745. The zero-order valence-corrected chi connectivity index (χ0v) is 20.6. The number of benzene rings is 2. The molecule has 0 N–H and O–H groups in total. The lowest BCUT2D eigenvalue weighted by molar-refractivity contribution is 0.835. The van der Waals surface area contributed by atoms with Crippen molar-refractivity contribution >= 4 is 32.8 Å². The van der Waals surface area contributed by atoms with Crippen molar-refractivity contribution in [2.45, 2.75) is 71.3 Å². The van der Waals surface area contributed by atoms with Crippen molar-refractivity contribution in [2.24, 2.45) is 0 Å². The summed E-state index contributed by atoms with van der Waals surface area (Å²) in [5.41, 5.74) is 5.81. The summed E-state index contributed by atoms with van der Waals surface area (Å²) >= 11 is 0. The highest BCUT2D eigenvalue weighted by atomic mass is 28.3. The average molecular weight is 394 g/mol. The Morgan fingerprint density at radius 3 is 1.74 bits per heavy atom. The first-order chi connectivity index (χ1) is 12.6. The van der Waals surface area contributed by atoms with Gasteiger partial charge in [-0.25, -0.2) is 0 Å². The summed E-state index contributed by atoms with van der Waals surface area (Å²) in [4.78, 5) is 0. The second-order valence-electron chi connectivity index (χ2n) is 9.03. The van der Waals surface area contributed by atoms with Crippen molar-refractivity contribution in [3.63, 3.8) is 0 Å². The van der Waals surface area contributed by atoms with Gasteiger partial charge in [-0.2, -0.15) is 0 Å². The predicted octanol–water partition coefficient (Wildman–Crippen LogP) is 6.60. The average Bonchev–Trinajstić information content (AvgIpc) is 2.61. The van der Waals surface area contributed by atoms with Crippen LogP contribution in [-0.2, 0) is 0 Å². The summed E-state index contributed by atoms with van der Waals surface area (Å²) in [6.07, 6.45) is 0. The zero-order chi connectivity index (χ0) is 20.4. The lowest BCUT2D eigenvalue weighted by Gasteiger charge is -2.44. The van der Waals surface area contributed by atoms with E-state index in [2.05, 4.69) is 110 Å². The summed E-state index contributed by atoms with van der Waals surface area (Å²) in [6, 6.07) is 18.4. The fourth-order valence-electron chi connectivity index (χ4n) is 5.15. The van der Waals surface area contributed by atoms with Crippen molar-refractivity contribution in [3.8, 4) is 0 Å². The Balaban J connectivity index is 2.48. The molecular weight excluding hydrogens is 356 g/mol. The van der Waals surface area contributed by atoms with Crippen LogP contribution < -0.4 is 10.4 Å². The van der Waals surface area contributed by atoms with Crippen molar-refractivity contribution in [1.29, 1.82) is 0 Å². The first-order valence-corrected chi connectivity index (χ1v) is 15.1. The summed E-state index contributed by atoms with van der Waals surface area (Å²) in [5, 5.41) is 3.07. The minimum absolute atomic E-state index is 0.396. The van der Waals surface area contributed by atoms with Crippen LogP contribution in [0.25, 0.3) is 5.57 Å². The first kappa shape index (κ1) is 21.9. The van der Waals surface area contributed by atoms with Gasteiger partial charge in [0.25, 0.3) is 0 Å². The van der Waals surface area contributed by atoms with E-state index in [1.54, 1.807) is 5.19 Å². The normalized spacial score (nSPS) is 12.4. The molecule has 0 heterocycles. The minimum atomic E-state index is -1.64. The van der Waals surface area contributed by atoms with E-state index in [-0.39, 0.29) is 0 Å². The van der Waals surface area contributed by atoms with Crippen LogP contribution in [0.2, 0.25) is 29.7 Å². The van der Waals surface area contributed by atoms with Crippen LogP contribution in [0.3, 0.4) is 0 Å². The maximum Gasteiger partial charge on any atom is 0.0942 e. The molecular formula is C25H37Si2. The molecule has 0 amide bonds. The molecule has 0 atom stereocenters. The second kappa shape index (κ2) is 8.75. The standard InChI is InChI=1S/C25H37Si2/c1-18(2)27(19(3)4,20(5)6)25-12-10-11-23(17-25)21(7)22-13-15-24(16-14-22)26(8)9/h10-20H,7H2,1-6,8-9H3. The van der Waals surface area contributed by atoms with Gasteiger partial charge in [0, 0.05) is 0 Å². The first-order valence-electron chi connectivity index (χ1n) is 10.3. The second-order valence-corrected chi connectivity index (χ2v) is 17.5. The molecule has 0 saturated heterocycles. The Hall–Kier alpha value is -1.39. The van der Waals surface area contributed by atoms with E-state index in [4.69, 9.17) is 0 Å². The van der Waals surface area contributed by atoms with E-state index >= 15 is 0 Å². The predicted molar refractivity (Wildman–Crippen MR) is 129 cm³/mol. The molecule has 0 saturated carbocycles. The molecule has 0 aliphatic heterocycles. The number of hydrogen-bond donors (Lipinski definition) is 0. The summed E-state index contributed by atoms with van der Waals surface area (Å²) in [7, 11) is -2.04. The molecule has 0 aromatic heterocycles. The molecule has 27 heavy (non-hydrogen) atoms. The Morgan fingerprint density at radius 1 is 0.778 bits per heavy atom. The van der Waals surface area contributed by atoms with Gasteiger partial charge in [-0.1, -0.05) is 120 Å². The van der Waals surface area contributed by atoms with E-state index in [1.807, 2.05) is 0 Å². The molecule has 0 unspecified atom stereocenters. The van der Waals surface area contributed by atoms with Crippen LogP contribution in [0, 0.1) is 0 Å². The van der Waals surface area contributed by atoms with Gasteiger partial charge in [0.1, 0.15) is 0 Å². The topological polar surface area (TPSA) is 0 Å². The number of hydrogen-bond acceptors (Lipinski definition) is 0. The summed E-state index contributed by atoms with van der Waals surface area (Å²) in [6.45, 7) is 23.7. The van der Waals surface area contributed by atoms with Crippen LogP contribution in [0.5, 0.6) is 0 Å². The quantitative estimate of drug-likeness (QED) is 0.465. The molecule has 0 fully saturated rings. The van der Waals surface area contributed by atoms with Crippen molar-refractivity contribution < 1.29 is 0 Å². The molecule has 145 valence electrons. The van der Waals surface area contributed by atoms with Gasteiger partial charge in [0.05, 0.1) is 16.9 Å². The third-order valence-corrected chi connectivity index (χ3v) is 14.9. The molecule has 1 radical (unpaired) electrons. The van der Waals surface area contributed by atoms with Gasteiger partial charge in [-0.3, -0.25) is 0 Å². The fourth-order valence-corrected chi connectivity index (χ4v) is 12.8. The van der Waals surface area contributed by atoms with Crippen LogP contribution in [0.4, 0.5) is 0 Å². The number of rotatable bonds is 7. The Labute approximate surface area is 170 Å². The molecule has 2 aromatic rings. The largest absolute Gasteiger partial charge is 0.0942 e. The summed E-state index contributed by atoms with van der Waals surface area (Å²) < 4.78 is 0. The van der Waals surface area contributed by atoms with Crippen molar-refractivity contribution in [2.75, 3.05) is 0 Å². The lowest BCUT2D eigenvalue weighted by atomic mass is 10.00. The Kier molecular flexibility index (Phi) is 7.10. The van der Waals surface area contributed by atoms with Crippen LogP contribution in [-0.4, -0.2) is 16.9 Å². The fraction of sp³-hybridized carbons (Fsp3) is 0.440. The van der Waals surface area contributed by atoms with Crippen molar-refractivity contribution in [1.82, 2.24) is 0 Å². The smallest absolute Gasteiger partial charge is 0.0906 e. The van der Waals surface area contributed by atoms with Crippen LogP contribution >= 0.6 is 0 Å². The lowest BCUT2D eigenvalue weighted by Crippen LogP contribution is -2.55. The molecule has 0 aliphatic carbocycles. The molecule has 2 rings (SSSR count). The van der Waals surface area contributed by atoms with E-state index < -0.39 is 16.9 Å². The highest BCUT2D eigenvalue weighted by molar-refractivity contribution is 6.95. The van der Waals surface area contributed by atoms with Gasteiger partial charge in [0.15, 0.2) is 0 Å². The highest BCUT2D eigenvalue weighted by Gasteiger charge is 2.44. The van der Waals surface area contributed by atoms with Gasteiger partial charge in [0.2, 0.25) is 0 Å². The maximum atomic E-state index is 4.45. The third-order valence-electron chi connectivity index (χ3n) is 6.39. The zero-order valence-electron chi connectivity index (χ0n) is 18.6.